The van der Waals surface area contributed by atoms with Crippen LogP contribution in [0.2, 0.25) is 0 Å². The highest BCUT2D eigenvalue weighted by molar-refractivity contribution is 7.99. The van der Waals surface area contributed by atoms with Gasteiger partial charge in [-0.1, -0.05) is 42.1 Å². The van der Waals surface area contributed by atoms with Crippen LogP contribution < -0.4 is 0 Å². The van der Waals surface area contributed by atoms with E-state index in [4.69, 9.17) is 0 Å². The molecule has 0 N–H and O–H groups in total. The van der Waals surface area contributed by atoms with Gasteiger partial charge in [0.2, 0.25) is 0 Å². The lowest BCUT2D eigenvalue weighted by molar-refractivity contribution is -0.137. The highest BCUT2D eigenvalue weighted by Crippen LogP contribution is 2.37. The van der Waals surface area contributed by atoms with Gasteiger partial charge in [0.1, 0.15) is 0 Å². The van der Waals surface area contributed by atoms with Crippen molar-refractivity contribution in [2.45, 2.75) is 20.9 Å². The Morgan fingerprint density at radius 3 is 2.23 bits per heavy atom. The van der Waals surface area contributed by atoms with Crippen LogP contribution >= 0.6 is 11.8 Å². The Morgan fingerprint density at radius 2 is 1.58 bits per heavy atom. The maximum Gasteiger partial charge on any atom is 0.416 e. The van der Waals surface area contributed by atoms with Crippen molar-refractivity contribution in [1.82, 2.24) is 0 Å². The fourth-order valence-electron chi connectivity index (χ4n) is 2.48. The molecule has 0 aliphatic carbocycles. The smallest absolute Gasteiger partial charge is 0.255 e. The quantitative estimate of drug-likeness (QED) is 0.521. The summed E-state index contributed by atoms with van der Waals surface area (Å²) in [6, 6.07) is 20.3. The van der Waals surface area contributed by atoms with E-state index < -0.39 is 22.5 Å². The van der Waals surface area contributed by atoms with Crippen molar-refractivity contribution in [2.75, 3.05) is 6.26 Å². The molecule has 0 aromatic heterocycles. The summed E-state index contributed by atoms with van der Waals surface area (Å²) in [6.45, 7) is 0. The number of rotatable bonds is 4. The second-order valence-electron chi connectivity index (χ2n) is 5.60. The first-order valence-corrected chi connectivity index (χ1v) is 10.1. The molecular weight excluding hydrogens is 377 g/mol. The van der Waals surface area contributed by atoms with Gasteiger partial charge in [-0.05, 0) is 53.6 Å². The molecule has 0 spiro atoms. The van der Waals surface area contributed by atoms with E-state index in [2.05, 4.69) is 0 Å². The van der Waals surface area contributed by atoms with Crippen molar-refractivity contribution in [3.05, 3.63) is 78.4 Å². The van der Waals surface area contributed by atoms with Crippen LogP contribution in [0.1, 0.15) is 5.56 Å². The zero-order valence-electron chi connectivity index (χ0n) is 13.8. The number of benzene rings is 3. The van der Waals surface area contributed by atoms with Crippen LogP contribution in [0.25, 0.3) is 11.1 Å². The molecule has 0 radical (unpaired) electrons. The Morgan fingerprint density at radius 1 is 0.885 bits per heavy atom. The van der Waals surface area contributed by atoms with E-state index in [1.807, 2.05) is 48.5 Å². The molecule has 0 heterocycles. The molecule has 0 aliphatic heterocycles. The maximum atomic E-state index is 12.7. The average Bonchev–Trinajstić information content (AvgIpc) is 2.62. The van der Waals surface area contributed by atoms with Crippen LogP contribution in [-0.4, -0.2) is 10.5 Å². The van der Waals surface area contributed by atoms with Gasteiger partial charge in [0.25, 0.3) is 0 Å². The van der Waals surface area contributed by atoms with E-state index >= 15 is 0 Å². The second kappa shape index (κ2) is 7.68. The van der Waals surface area contributed by atoms with Gasteiger partial charge in [-0.15, -0.1) is 0 Å². The third kappa shape index (κ3) is 4.37. The summed E-state index contributed by atoms with van der Waals surface area (Å²) < 4.78 is 49.8. The van der Waals surface area contributed by atoms with E-state index in [1.165, 1.54) is 23.9 Å². The predicted molar refractivity (Wildman–Crippen MR) is 99.8 cm³/mol. The standard InChI is InChI=1S/C20H15F3OS2/c1-26(24)17-6-4-5-14(13-17)18-7-2-3-8-19(18)25-16-11-9-15(10-12-16)20(21,22)23/h2-13H,1H3. The molecule has 3 aromatic rings. The fraction of sp³-hybridized carbons (Fsp3) is 0.100. The van der Waals surface area contributed by atoms with Gasteiger partial charge in [-0.25, -0.2) is 0 Å². The number of hydrogen-bond acceptors (Lipinski definition) is 2. The van der Waals surface area contributed by atoms with Gasteiger partial charge in [-0.3, -0.25) is 4.21 Å². The molecule has 3 aromatic carbocycles. The molecule has 134 valence electrons. The molecule has 3 rings (SSSR count). The molecule has 0 amide bonds. The zero-order chi connectivity index (χ0) is 18.7. The van der Waals surface area contributed by atoms with Gasteiger partial charge in [0.15, 0.2) is 0 Å². The van der Waals surface area contributed by atoms with Crippen molar-refractivity contribution in [2.24, 2.45) is 0 Å². The van der Waals surface area contributed by atoms with E-state index in [0.29, 0.717) is 0 Å². The number of alkyl halides is 3. The molecule has 0 saturated carbocycles. The molecule has 1 atom stereocenters. The zero-order valence-corrected chi connectivity index (χ0v) is 15.4. The van der Waals surface area contributed by atoms with Crippen LogP contribution in [0.15, 0.2) is 87.5 Å². The Balaban J connectivity index is 1.93. The first-order valence-electron chi connectivity index (χ1n) is 7.72. The summed E-state index contributed by atoms with van der Waals surface area (Å²) in [5.41, 5.74) is 1.21. The first kappa shape index (κ1) is 18.7. The molecular formula is C20H15F3OS2. The highest BCUT2D eigenvalue weighted by atomic mass is 32.2. The monoisotopic (exact) mass is 392 g/mol. The minimum absolute atomic E-state index is 0.659. The normalized spacial score (nSPS) is 12.8. The summed E-state index contributed by atoms with van der Waals surface area (Å²) in [5, 5.41) is 0. The minimum Gasteiger partial charge on any atom is -0.255 e. The van der Waals surface area contributed by atoms with E-state index in [0.717, 1.165) is 37.9 Å². The topological polar surface area (TPSA) is 17.1 Å². The molecule has 26 heavy (non-hydrogen) atoms. The van der Waals surface area contributed by atoms with Crippen molar-refractivity contribution >= 4 is 22.6 Å². The predicted octanol–water partition coefficient (Wildman–Crippen LogP) is 6.26. The van der Waals surface area contributed by atoms with Crippen molar-refractivity contribution < 1.29 is 17.4 Å². The van der Waals surface area contributed by atoms with Crippen LogP contribution in [0.5, 0.6) is 0 Å². The average molecular weight is 392 g/mol. The Kier molecular flexibility index (Phi) is 5.53. The maximum absolute atomic E-state index is 12.7. The number of halogens is 3. The van der Waals surface area contributed by atoms with E-state index in [1.54, 1.807) is 6.26 Å². The summed E-state index contributed by atoms with van der Waals surface area (Å²) >= 11 is 1.40. The molecule has 0 saturated heterocycles. The fourth-order valence-corrected chi connectivity index (χ4v) is 4.01. The molecule has 0 aliphatic rings. The molecule has 6 heteroatoms. The second-order valence-corrected chi connectivity index (χ2v) is 8.10. The lowest BCUT2D eigenvalue weighted by Crippen LogP contribution is -2.03. The van der Waals surface area contributed by atoms with E-state index in [-0.39, 0.29) is 0 Å². The summed E-state index contributed by atoms with van der Waals surface area (Å²) in [6.07, 6.45) is -2.71. The summed E-state index contributed by atoms with van der Waals surface area (Å²) in [7, 11) is -1.08. The van der Waals surface area contributed by atoms with Gasteiger partial charge < -0.3 is 0 Å². The molecule has 0 bridgehead atoms. The minimum atomic E-state index is -4.34. The van der Waals surface area contributed by atoms with Gasteiger partial charge in [0.05, 0.1) is 5.56 Å². The van der Waals surface area contributed by atoms with Crippen LogP contribution in [0.4, 0.5) is 13.2 Å². The third-order valence-electron chi connectivity index (χ3n) is 3.77. The van der Waals surface area contributed by atoms with Crippen LogP contribution in [0.3, 0.4) is 0 Å². The summed E-state index contributed by atoms with van der Waals surface area (Å²) in [4.78, 5) is 2.38. The van der Waals surface area contributed by atoms with E-state index in [9.17, 15) is 17.4 Å². The number of hydrogen-bond donors (Lipinski definition) is 0. The molecule has 0 fully saturated rings. The third-order valence-corrected chi connectivity index (χ3v) is 5.78. The van der Waals surface area contributed by atoms with Crippen molar-refractivity contribution in [3.63, 3.8) is 0 Å². The first-order chi connectivity index (χ1) is 12.3. The highest BCUT2D eigenvalue weighted by Gasteiger charge is 2.29. The lowest BCUT2D eigenvalue weighted by atomic mass is 10.1. The Hall–Kier alpha value is -2.05. The lowest BCUT2D eigenvalue weighted by Gasteiger charge is -2.11. The van der Waals surface area contributed by atoms with Crippen LogP contribution in [0, 0.1) is 0 Å². The van der Waals surface area contributed by atoms with Crippen molar-refractivity contribution in [3.8, 4) is 11.1 Å². The van der Waals surface area contributed by atoms with Crippen LogP contribution in [-0.2, 0) is 17.0 Å². The largest absolute Gasteiger partial charge is 0.416 e. The Labute approximate surface area is 156 Å². The molecule has 1 nitrogen and oxygen atoms in total. The van der Waals surface area contributed by atoms with Gasteiger partial charge >= 0.3 is 6.18 Å². The van der Waals surface area contributed by atoms with Gasteiger partial charge in [-0.2, -0.15) is 13.2 Å². The molecule has 1 unspecified atom stereocenters. The summed E-state index contributed by atoms with van der Waals surface area (Å²) in [5.74, 6) is 0. The van der Waals surface area contributed by atoms with Gasteiger partial charge in [0, 0.05) is 31.7 Å². The SMILES string of the molecule is CS(=O)c1cccc(-c2ccccc2Sc2ccc(C(F)(F)F)cc2)c1. The Bertz CT molecular complexity index is 934. The van der Waals surface area contributed by atoms with Crippen molar-refractivity contribution in [1.29, 1.82) is 0 Å².